The van der Waals surface area contributed by atoms with Crippen LogP contribution in [0.1, 0.15) is 38.5 Å². The molecule has 0 unspecified atom stereocenters. The van der Waals surface area contributed by atoms with Gasteiger partial charge in [-0.2, -0.15) is 0 Å². The molecule has 0 bridgehead atoms. The van der Waals surface area contributed by atoms with Crippen molar-refractivity contribution in [3.05, 3.63) is 0 Å². The summed E-state index contributed by atoms with van der Waals surface area (Å²) in [5.74, 6) is -1.70. The van der Waals surface area contributed by atoms with Gasteiger partial charge in [0.2, 0.25) is 0 Å². The van der Waals surface area contributed by atoms with E-state index < -0.39 is 18.0 Å². The molecule has 0 fully saturated rings. The second-order valence-corrected chi connectivity index (χ2v) is 4.39. The zero-order valence-electron chi connectivity index (χ0n) is 12.2. The molecule has 9 heteroatoms. The molecule has 0 aromatic carbocycles. The van der Waals surface area contributed by atoms with Crippen LogP contribution in [-0.4, -0.2) is 47.2 Å². The van der Waals surface area contributed by atoms with E-state index in [0.717, 1.165) is 19.3 Å². The number of rotatable bonds is 10. The Hall–Kier alpha value is -1.87. The van der Waals surface area contributed by atoms with Crippen molar-refractivity contribution in [2.45, 2.75) is 44.6 Å². The minimum Gasteiger partial charge on any atom is -0.481 e. The average Bonchev–Trinajstić information content (AvgIpc) is 2.39. The van der Waals surface area contributed by atoms with Crippen LogP contribution < -0.4 is 22.9 Å². The molecular formula is C12H27N5O4. The Labute approximate surface area is 124 Å². The number of carboxylic acids is 2. The summed E-state index contributed by atoms with van der Waals surface area (Å²) in [4.78, 5) is 23.8. The normalized spacial score (nSPS) is 11.0. The van der Waals surface area contributed by atoms with Crippen LogP contribution in [0.2, 0.25) is 0 Å². The number of carbonyl (C=O) groups is 2. The molecule has 0 aliphatic carbocycles. The first-order valence-electron chi connectivity index (χ1n) is 6.76. The minimum absolute atomic E-state index is 0.0129. The molecule has 10 N–H and O–H groups in total. The van der Waals surface area contributed by atoms with Gasteiger partial charge in [0.25, 0.3) is 0 Å². The van der Waals surface area contributed by atoms with Gasteiger partial charge in [-0.05, 0) is 32.2 Å². The Morgan fingerprint density at radius 3 is 2.10 bits per heavy atom. The largest absolute Gasteiger partial charge is 0.481 e. The van der Waals surface area contributed by atoms with Gasteiger partial charge >= 0.3 is 11.9 Å². The highest BCUT2D eigenvalue weighted by atomic mass is 16.4. The molecule has 1 atom stereocenters. The zero-order valence-corrected chi connectivity index (χ0v) is 12.2. The molecule has 0 heterocycles. The van der Waals surface area contributed by atoms with E-state index in [1.807, 2.05) is 0 Å². The van der Waals surface area contributed by atoms with Crippen molar-refractivity contribution in [3.63, 3.8) is 0 Å². The Morgan fingerprint density at radius 2 is 1.67 bits per heavy atom. The Balaban J connectivity index is 0. The fourth-order valence-corrected chi connectivity index (χ4v) is 1.24. The molecule has 21 heavy (non-hydrogen) atoms. The minimum atomic E-state index is -1.00. The van der Waals surface area contributed by atoms with E-state index in [2.05, 4.69) is 4.99 Å². The summed E-state index contributed by atoms with van der Waals surface area (Å²) in [6.07, 6.45) is 3.86. The fourth-order valence-electron chi connectivity index (χ4n) is 1.24. The van der Waals surface area contributed by atoms with E-state index in [-0.39, 0.29) is 12.4 Å². The predicted octanol–water partition coefficient (Wildman–Crippen LogP) is -0.958. The Bertz CT molecular complexity index is 319. The first-order valence-corrected chi connectivity index (χ1v) is 6.76. The van der Waals surface area contributed by atoms with Crippen molar-refractivity contribution in [1.29, 1.82) is 0 Å². The van der Waals surface area contributed by atoms with Gasteiger partial charge in [-0.1, -0.05) is 6.42 Å². The summed E-state index contributed by atoms with van der Waals surface area (Å²) >= 11 is 0. The second kappa shape index (κ2) is 14.5. The molecular weight excluding hydrogens is 278 g/mol. The third-order valence-electron chi connectivity index (χ3n) is 2.38. The lowest BCUT2D eigenvalue weighted by molar-refractivity contribution is -0.139. The van der Waals surface area contributed by atoms with Crippen molar-refractivity contribution in [1.82, 2.24) is 0 Å². The van der Waals surface area contributed by atoms with Crippen molar-refractivity contribution in [3.8, 4) is 0 Å². The fraction of sp³-hybridized carbons (Fsp3) is 0.750. The molecule has 0 aliphatic heterocycles. The number of unbranched alkanes of at least 4 members (excludes halogenated alkanes) is 2. The van der Waals surface area contributed by atoms with Gasteiger partial charge in [-0.3, -0.25) is 14.6 Å². The van der Waals surface area contributed by atoms with Crippen LogP contribution in [0.25, 0.3) is 0 Å². The number of guanidine groups is 1. The van der Waals surface area contributed by atoms with Crippen LogP contribution >= 0.6 is 0 Å². The van der Waals surface area contributed by atoms with E-state index in [1.54, 1.807) is 0 Å². The lowest BCUT2D eigenvalue weighted by atomic mass is 10.2. The standard InChI is InChI=1S/C6H14N4O2.C6H13NO2/c7-4(5(11)12)2-1-3-10-6(8)9;7-5-3-1-2-4-6(8)9/h4H,1-3,7H2,(H,11,12)(H4,8,9,10);1-5,7H2,(H,8,9)/t4-;/m0./s1. The molecule has 0 amide bonds. The van der Waals surface area contributed by atoms with E-state index >= 15 is 0 Å². The predicted molar refractivity (Wildman–Crippen MR) is 80.7 cm³/mol. The third kappa shape index (κ3) is 20.6. The molecule has 0 aromatic rings. The van der Waals surface area contributed by atoms with Crippen LogP contribution in [-0.2, 0) is 9.59 Å². The average molecular weight is 305 g/mol. The lowest BCUT2D eigenvalue weighted by Gasteiger charge is -2.03. The smallest absolute Gasteiger partial charge is 0.320 e. The van der Waals surface area contributed by atoms with E-state index in [0.29, 0.717) is 25.9 Å². The number of hydrogen-bond acceptors (Lipinski definition) is 5. The summed E-state index contributed by atoms with van der Waals surface area (Å²) < 4.78 is 0. The van der Waals surface area contributed by atoms with E-state index in [9.17, 15) is 9.59 Å². The molecule has 0 spiro atoms. The maximum absolute atomic E-state index is 10.2. The third-order valence-corrected chi connectivity index (χ3v) is 2.38. The first kappa shape index (κ1) is 21.4. The van der Waals surface area contributed by atoms with Gasteiger partial charge in [0.05, 0.1) is 0 Å². The molecule has 0 saturated carbocycles. The number of nitrogens with two attached hydrogens (primary N) is 4. The SMILES string of the molecule is NC(N)=NCCC[C@H](N)C(=O)O.NCCCCCC(=O)O. The van der Waals surface area contributed by atoms with Crippen molar-refractivity contribution in [2.24, 2.45) is 27.9 Å². The summed E-state index contributed by atoms with van der Waals surface area (Å²) in [6.45, 7) is 1.09. The molecule has 0 aromatic heterocycles. The topological polar surface area (TPSA) is 191 Å². The highest BCUT2D eigenvalue weighted by Gasteiger charge is 2.09. The number of hydrogen-bond donors (Lipinski definition) is 6. The lowest BCUT2D eigenvalue weighted by Crippen LogP contribution is -2.30. The Kier molecular flexibility index (Phi) is 14.8. The van der Waals surface area contributed by atoms with Crippen molar-refractivity contribution in [2.75, 3.05) is 13.1 Å². The van der Waals surface area contributed by atoms with Crippen LogP contribution in [0.5, 0.6) is 0 Å². The van der Waals surface area contributed by atoms with E-state index in [4.69, 9.17) is 33.1 Å². The summed E-state index contributed by atoms with van der Waals surface area (Å²) in [5, 5.41) is 16.6. The van der Waals surface area contributed by atoms with Gasteiger partial charge in [0, 0.05) is 13.0 Å². The quantitative estimate of drug-likeness (QED) is 0.169. The van der Waals surface area contributed by atoms with Gasteiger partial charge < -0.3 is 33.1 Å². The maximum atomic E-state index is 10.2. The summed E-state index contributed by atoms with van der Waals surface area (Å²) in [5.41, 5.74) is 20.5. The molecule has 124 valence electrons. The van der Waals surface area contributed by atoms with Crippen LogP contribution in [0.3, 0.4) is 0 Å². The molecule has 0 aliphatic rings. The van der Waals surface area contributed by atoms with Gasteiger partial charge in [0.1, 0.15) is 6.04 Å². The number of aliphatic carboxylic acids is 2. The summed E-state index contributed by atoms with van der Waals surface area (Å²) in [6, 6.07) is -0.820. The molecule has 0 radical (unpaired) electrons. The number of nitrogens with zero attached hydrogens (tertiary/aromatic N) is 1. The van der Waals surface area contributed by atoms with E-state index in [1.165, 1.54) is 0 Å². The Morgan fingerprint density at radius 1 is 1.05 bits per heavy atom. The van der Waals surface area contributed by atoms with Crippen molar-refractivity contribution >= 4 is 17.9 Å². The van der Waals surface area contributed by atoms with Crippen molar-refractivity contribution < 1.29 is 19.8 Å². The zero-order chi connectivity index (χ0) is 16.7. The maximum Gasteiger partial charge on any atom is 0.320 e. The van der Waals surface area contributed by atoms with Gasteiger partial charge in [-0.25, -0.2) is 0 Å². The monoisotopic (exact) mass is 305 g/mol. The molecule has 0 rings (SSSR count). The van der Waals surface area contributed by atoms with Gasteiger partial charge in [-0.15, -0.1) is 0 Å². The second-order valence-electron chi connectivity index (χ2n) is 4.39. The van der Waals surface area contributed by atoms with Gasteiger partial charge in [0.15, 0.2) is 5.96 Å². The summed E-state index contributed by atoms with van der Waals surface area (Å²) in [7, 11) is 0. The van der Waals surface area contributed by atoms with Crippen LogP contribution in [0.4, 0.5) is 0 Å². The highest BCUT2D eigenvalue weighted by Crippen LogP contribution is 1.97. The highest BCUT2D eigenvalue weighted by molar-refractivity contribution is 5.75. The molecule has 9 nitrogen and oxygen atoms in total. The molecule has 0 saturated heterocycles. The first-order chi connectivity index (χ1) is 9.81. The van der Waals surface area contributed by atoms with Crippen LogP contribution in [0.15, 0.2) is 4.99 Å². The number of aliphatic imine (C=N–C) groups is 1. The number of carboxylic acid groups (broad SMARTS) is 2. The van der Waals surface area contributed by atoms with Crippen LogP contribution in [0, 0.1) is 0 Å².